The van der Waals surface area contributed by atoms with Crippen molar-refractivity contribution in [2.75, 3.05) is 11.4 Å². The summed E-state index contributed by atoms with van der Waals surface area (Å²) in [6.07, 6.45) is -0.111. The van der Waals surface area contributed by atoms with E-state index in [1.165, 1.54) is 11.1 Å². The average Bonchev–Trinajstić information content (AvgIpc) is 3.46. The van der Waals surface area contributed by atoms with Gasteiger partial charge in [0.1, 0.15) is 0 Å². The third kappa shape index (κ3) is 6.88. The van der Waals surface area contributed by atoms with Crippen LogP contribution in [0.5, 0.6) is 0 Å². The maximum atomic E-state index is 12.4. The summed E-state index contributed by atoms with van der Waals surface area (Å²) >= 11 is 1.60. The number of nitrogens with one attached hydrogen (secondary N) is 1. The molecule has 0 spiro atoms. The number of aryl methyl sites for hydroxylation is 2. The maximum Gasteiger partial charge on any atom is 0.305 e. The molecular formula is C34H31N3O3S. The zero-order valence-corrected chi connectivity index (χ0v) is 23.8. The van der Waals surface area contributed by atoms with Crippen LogP contribution in [0.15, 0.2) is 102 Å². The Balaban J connectivity index is 1.42. The van der Waals surface area contributed by atoms with Gasteiger partial charge in [0.05, 0.1) is 18.7 Å². The number of hydrogen-bond acceptors (Lipinski definition) is 5. The molecular weight excluding hydrogens is 530 g/mol. The van der Waals surface area contributed by atoms with Gasteiger partial charge in [-0.05, 0) is 60.4 Å². The van der Waals surface area contributed by atoms with Crippen molar-refractivity contribution in [1.82, 2.24) is 10.3 Å². The standard InChI is InChI=1S/C34H31N3O3S/c1-23-8-17-30(24(2)20-23)31-22-41-34(36-31)37(29-15-13-27(14-16-29)26-6-4-3-5-7-26)21-25-9-11-28(12-10-25)33(40)35-19-18-32(38)39/h3-17,20,22H,18-19,21H2,1-2H3,(H,35,40)(H,38,39). The van der Waals surface area contributed by atoms with Gasteiger partial charge in [-0.1, -0.05) is 78.4 Å². The first-order chi connectivity index (χ1) is 19.9. The van der Waals surface area contributed by atoms with Gasteiger partial charge in [0.25, 0.3) is 5.91 Å². The highest BCUT2D eigenvalue weighted by molar-refractivity contribution is 7.14. The molecule has 0 atom stereocenters. The Morgan fingerprint density at radius 1 is 0.878 bits per heavy atom. The summed E-state index contributed by atoms with van der Waals surface area (Å²) in [5.41, 5.74) is 9.31. The Morgan fingerprint density at radius 3 is 2.27 bits per heavy atom. The number of anilines is 2. The molecule has 7 heteroatoms. The zero-order valence-electron chi connectivity index (χ0n) is 23.0. The molecule has 0 radical (unpaired) electrons. The molecule has 0 aliphatic carbocycles. The van der Waals surface area contributed by atoms with E-state index < -0.39 is 5.97 Å². The van der Waals surface area contributed by atoms with Crippen molar-refractivity contribution in [2.45, 2.75) is 26.8 Å². The molecule has 0 unspecified atom stereocenters. The third-order valence-electron chi connectivity index (χ3n) is 6.85. The molecule has 0 saturated carbocycles. The normalized spacial score (nSPS) is 10.8. The van der Waals surface area contributed by atoms with Crippen molar-refractivity contribution in [2.24, 2.45) is 0 Å². The predicted molar refractivity (Wildman–Crippen MR) is 166 cm³/mol. The summed E-state index contributed by atoms with van der Waals surface area (Å²) in [5.74, 6) is -1.23. The van der Waals surface area contributed by atoms with Crippen molar-refractivity contribution in [3.8, 4) is 22.4 Å². The van der Waals surface area contributed by atoms with E-state index in [9.17, 15) is 9.59 Å². The Kier molecular flexibility index (Phi) is 8.56. The van der Waals surface area contributed by atoms with Crippen molar-refractivity contribution >= 4 is 34.0 Å². The molecule has 0 fully saturated rings. The fraction of sp³-hybridized carbons (Fsp3) is 0.147. The summed E-state index contributed by atoms with van der Waals surface area (Å²) in [4.78, 5) is 30.4. The van der Waals surface area contributed by atoms with Gasteiger partial charge >= 0.3 is 5.97 Å². The lowest BCUT2D eigenvalue weighted by Gasteiger charge is -2.23. The zero-order chi connectivity index (χ0) is 28.8. The highest BCUT2D eigenvalue weighted by Gasteiger charge is 2.17. The smallest absolute Gasteiger partial charge is 0.305 e. The van der Waals surface area contributed by atoms with Crippen molar-refractivity contribution < 1.29 is 14.7 Å². The summed E-state index contributed by atoms with van der Waals surface area (Å²) in [7, 11) is 0. The van der Waals surface area contributed by atoms with Gasteiger partial charge in [-0.3, -0.25) is 9.59 Å². The highest BCUT2D eigenvalue weighted by atomic mass is 32.1. The Morgan fingerprint density at radius 2 is 1.59 bits per heavy atom. The fourth-order valence-corrected chi connectivity index (χ4v) is 5.52. The van der Waals surface area contributed by atoms with E-state index in [1.807, 2.05) is 30.3 Å². The SMILES string of the molecule is Cc1ccc(-c2csc(N(Cc3ccc(C(=O)NCCC(=O)O)cc3)c3ccc(-c4ccccc4)cc3)n2)c(C)c1. The molecule has 0 saturated heterocycles. The van der Waals surface area contributed by atoms with E-state index in [0.717, 1.165) is 38.8 Å². The number of carboxylic acid groups (broad SMARTS) is 1. The average molecular weight is 562 g/mol. The topological polar surface area (TPSA) is 82.5 Å². The third-order valence-corrected chi connectivity index (χ3v) is 7.71. The quantitative estimate of drug-likeness (QED) is 0.183. The van der Waals surface area contributed by atoms with Gasteiger partial charge in [0.2, 0.25) is 0 Å². The molecule has 5 rings (SSSR count). The molecule has 1 heterocycles. The van der Waals surface area contributed by atoms with Crippen molar-refractivity contribution in [3.63, 3.8) is 0 Å². The molecule has 4 aromatic carbocycles. The molecule has 41 heavy (non-hydrogen) atoms. The van der Waals surface area contributed by atoms with Crippen LogP contribution in [-0.2, 0) is 11.3 Å². The molecule has 2 N–H and O–H groups in total. The summed E-state index contributed by atoms with van der Waals surface area (Å²) in [6, 6.07) is 32.6. The second-order valence-corrected chi connectivity index (χ2v) is 10.8. The van der Waals surface area contributed by atoms with Crippen LogP contribution >= 0.6 is 11.3 Å². The van der Waals surface area contributed by atoms with Gasteiger partial charge in [0.15, 0.2) is 5.13 Å². The minimum atomic E-state index is -0.944. The molecule has 5 aromatic rings. The van der Waals surface area contributed by atoms with E-state index in [4.69, 9.17) is 10.1 Å². The van der Waals surface area contributed by atoms with Gasteiger partial charge in [-0.25, -0.2) is 4.98 Å². The lowest BCUT2D eigenvalue weighted by Crippen LogP contribution is -2.26. The van der Waals surface area contributed by atoms with Crippen LogP contribution in [0.4, 0.5) is 10.8 Å². The van der Waals surface area contributed by atoms with Crippen molar-refractivity contribution in [1.29, 1.82) is 0 Å². The fourth-order valence-electron chi connectivity index (χ4n) is 4.68. The number of nitrogens with zero attached hydrogens (tertiary/aromatic N) is 2. The molecule has 0 aliphatic heterocycles. The summed E-state index contributed by atoms with van der Waals surface area (Å²) < 4.78 is 0. The number of carbonyl (C=O) groups is 2. The molecule has 1 amide bonds. The van der Waals surface area contributed by atoms with E-state index >= 15 is 0 Å². The van der Waals surface area contributed by atoms with Crippen LogP contribution in [0.3, 0.4) is 0 Å². The highest BCUT2D eigenvalue weighted by Crippen LogP contribution is 2.35. The first kappa shape index (κ1) is 27.8. The summed E-state index contributed by atoms with van der Waals surface area (Å²) in [5, 5.41) is 14.4. The van der Waals surface area contributed by atoms with E-state index in [2.05, 4.69) is 84.0 Å². The van der Waals surface area contributed by atoms with E-state index in [-0.39, 0.29) is 18.9 Å². The number of hydrogen-bond donors (Lipinski definition) is 2. The van der Waals surface area contributed by atoms with Crippen molar-refractivity contribution in [3.05, 3.63) is 125 Å². The van der Waals surface area contributed by atoms with Crippen LogP contribution < -0.4 is 10.2 Å². The Bertz CT molecular complexity index is 1650. The minimum Gasteiger partial charge on any atom is -0.481 e. The maximum absolute atomic E-state index is 12.4. The Hall–Kier alpha value is -4.75. The minimum absolute atomic E-state index is 0.0928. The second kappa shape index (κ2) is 12.6. The molecule has 1 aromatic heterocycles. The summed E-state index contributed by atoms with van der Waals surface area (Å²) in [6.45, 7) is 4.86. The van der Waals surface area contributed by atoms with Gasteiger partial charge in [-0.15, -0.1) is 11.3 Å². The van der Waals surface area contributed by atoms with Crippen LogP contribution in [-0.4, -0.2) is 28.5 Å². The molecule has 6 nitrogen and oxygen atoms in total. The second-order valence-electron chi connectivity index (χ2n) is 9.93. The van der Waals surface area contributed by atoms with Gasteiger partial charge in [-0.2, -0.15) is 0 Å². The number of rotatable bonds is 10. The number of aromatic nitrogens is 1. The molecule has 0 bridgehead atoms. The number of amides is 1. The lowest BCUT2D eigenvalue weighted by atomic mass is 10.0. The van der Waals surface area contributed by atoms with E-state index in [1.54, 1.807) is 23.5 Å². The number of aliphatic carboxylic acids is 1. The van der Waals surface area contributed by atoms with Gasteiger partial charge in [0, 0.05) is 28.7 Å². The van der Waals surface area contributed by atoms with Crippen LogP contribution in [0.1, 0.15) is 33.5 Å². The van der Waals surface area contributed by atoms with E-state index in [0.29, 0.717) is 12.1 Å². The number of carbonyl (C=O) groups excluding carboxylic acids is 1. The molecule has 206 valence electrons. The van der Waals surface area contributed by atoms with Crippen LogP contribution in [0, 0.1) is 13.8 Å². The number of benzene rings is 4. The molecule has 0 aliphatic rings. The first-order valence-corrected chi connectivity index (χ1v) is 14.3. The number of carboxylic acids is 1. The lowest BCUT2D eigenvalue weighted by molar-refractivity contribution is -0.136. The van der Waals surface area contributed by atoms with Crippen LogP contribution in [0.25, 0.3) is 22.4 Å². The predicted octanol–water partition coefficient (Wildman–Crippen LogP) is 7.64. The largest absolute Gasteiger partial charge is 0.481 e. The monoisotopic (exact) mass is 561 g/mol. The number of thiazole rings is 1. The Labute approximate surface area is 244 Å². The first-order valence-electron chi connectivity index (χ1n) is 13.4. The van der Waals surface area contributed by atoms with Crippen LogP contribution in [0.2, 0.25) is 0 Å². The van der Waals surface area contributed by atoms with Gasteiger partial charge < -0.3 is 15.3 Å².